The Kier molecular flexibility index (Phi) is 4.24. The third-order valence-corrected chi connectivity index (χ3v) is 4.51. The van der Waals surface area contributed by atoms with Crippen LogP contribution in [0.15, 0.2) is 24.5 Å². The Labute approximate surface area is 128 Å². The van der Waals surface area contributed by atoms with Crippen molar-refractivity contribution in [1.82, 2.24) is 15.2 Å². The molecule has 2 fully saturated rings. The van der Waals surface area contributed by atoms with Crippen molar-refractivity contribution in [2.24, 2.45) is 17.6 Å². The molecule has 0 unspecified atom stereocenters. The maximum atomic E-state index is 12.0. The number of primary amides is 1. The van der Waals surface area contributed by atoms with Crippen molar-refractivity contribution >= 4 is 11.9 Å². The number of hydrogen-bond acceptors (Lipinski definition) is 4. The SMILES string of the molecule is NC(=O)N1CC[C@@H]2[C@@H](CO[C@H]2CNC(=O)c2ccncc2)C1. The molecular formula is C15H20N4O3. The van der Waals surface area contributed by atoms with E-state index in [0.717, 1.165) is 6.42 Å². The summed E-state index contributed by atoms with van der Waals surface area (Å²) in [5, 5.41) is 2.91. The molecule has 7 nitrogen and oxygen atoms in total. The number of piperidine rings is 1. The summed E-state index contributed by atoms with van der Waals surface area (Å²) < 4.78 is 5.81. The highest BCUT2D eigenvalue weighted by molar-refractivity contribution is 5.93. The monoisotopic (exact) mass is 304 g/mol. The van der Waals surface area contributed by atoms with Crippen LogP contribution in [0.5, 0.6) is 0 Å². The molecule has 3 heterocycles. The van der Waals surface area contributed by atoms with Crippen LogP contribution in [0.2, 0.25) is 0 Å². The second-order valence-corrected chi connectivity index (χ2v) is 5.81. The lowest BCUT2D eigenvalue weighted by Crippen LogP contribution is -2.47. The predicted octanol–water partition coefficient (Wildman–Crippen LogP) is 0.227. The first kappa shape index (κ1) is 14.8. The number of nitrogens with two attached hydrogens (primary N) is 1. The van der Waals surface area contributed by atoms with Crippen LogP contribution in [0.1, 0.15) is 16.8 Å². The van der Waals surface area contributed by atoms with E-state index in [1.165, 1.54) is 0 Å². The number of hydrogen-bond donors (Lipinski definition) is 2. The minimum atomic E-state index is -0.368. The van der Waals surface area contributed by atoms with Crippen LogP contribution in [-0.2, 0) is 4.74 Å². The van der Waals surface area contributed by atoms with Gasteiger partial charge in [0.05, 0.1) is 12.7 Å². The summed E-state index contributed by atoms with van der Waals surface area (Å²) in [6.07, 6.45) is 4.06. The number of rotatable bonds is 3. The van der Waals surface area contributed by atoms with E-state index in [1.54, 1.807) is 29.4 Å². The fourth-order valence-electron chi connectivity index (χ4n) is 3.30. The molecule has 2 aliphatic heterocycles. The molecule has 1 aromatic rings. The van der Waals surface area contributed by atoms with E-state index in [4.69, 9.17) is 10.5 Å². The summed E-state index contributed by atoms with van der Waals surface area (Å²) in [6, 6.07) is 2.99. The normalized spacial score (nSPS) is 27.3. The van der Waals surface area contributed by atoms with E-state index in [0.29, 0.717) is 43.6 Å². The van der Waals surface area contributed by atoms with Gasteiger partial charge < -0.3 is 20.7 Å². The van der Waals surface area contributed by atoms with Gasteiger partial charge in [0, 0.05) is 43.5 Å². The summed E-state index contributed by atoms with van der Waals surface area (Å²) in [6.45, 7) is 2.41. The Hall–Kier alpha value is -2.15. The van der Waals surface area contributed by atoms with E-state index >= 15 is 0 Å². The van der Waals surface area contributed by atoms with Crippen LogP contribution in [0, 0.1) is 11.8 Å². The highest BCUT2D eigenvalue weighted by atomic mass is 16.5. The lowest BCUT2D eigenvalue weighted by Gasteiger charge is -2.34. The number of amides is 3. The van der Waals surface area contributed by atoms with Gasteiger partial charge in [-0.05, 0) is 24.5 Å². The topological polar surface area (TPSA) is 97.5 Å². The molecule has 3 N–H and O–H groups in total. The van der Waals surface area contributed by atoms with Crippen molar-refractivity contribution < 1.29 is 14.3 Å². The largest absolute Gasteiger partial charge is 0.376 e. The number of carbonyl (C=O) groups excluding carboxylic acids is 2. The minimum absolute atomic E-state index is 0.00538. The predicted molar refractivity (Wildman–Crippen MR) is 79.1 cm³/mol. The first-order chi connectivity index (χ1) is 10.6. The lowest BCUT2D eigenvalue weighted by molar-refractivity contribution is 0.0756. The zero-order valence-corrected chi connectivity index (χ0v) is 12.3. The molecular weight excluding hydrogens is 284 g/mol. The molecule has 0 aromatic carbocycles. The van der Waals surface area contributed by atoms with E-state index in [9.17, 15) is 9.59 Å². The van der Waals surface area contributed by atoms with Crippen molar-refractivity contribution in [1.29, 1.82) is 0 Å². The molecule has 3 atom stereocenters. The van der Waals surface area contributed by atoms with Gasteiger partial charge in [0.15, 0.2) is 0 Å². The van der Waals surface area contributed by atoms with Gasteiger partial charge in [0.2, 0.25) is 0 Å². The average molecular weight is 304 g/mol. The number of nitrogens with zero attached hydrogens (tertiary/aromatic N) is 2. The zero-order valence-electron chi connectivity index (χ0n) is 12.3. The van der Waals surface area contributed by atoms with Gasteiger partial charge in [-0.3, -0.25) is 9.78 Å². The van der Waals surface area contributed by atoms with Gasteiger partial charge in [-0.2, -0.15) is 0 Å². The Morgan fingerprint density at radius 2 is 2.18 bits per heavy atom. The Morgan fingerprint density at radius 1 is 1.41 bits per heavy atom. The number of nitrogens with one attached hydrogen (secondary N) is 1. The van der Waals surface area contributed by atoms with Gasteiger partial charge in [0.25, 0.3) is 5.91 Å². The highest BCUT2D eigenvalue weighted by Gasteiger charge is 2.41. The smallest absolute Gasteiger partial charge is 0.314 e. The average Bonchev–Trinajstić information content (AvgIpc) is 2.95. The summed E-state index contributed by atoms with van der Waals surface area (Å²) in [5.74, 6) is 0.557. The molecule has 7 heteroatoms. The highest BCUT2D eigenvalue weighted by Crippen LogP contribution is 2.34. The number of fused-ring (bicyclic) bond motifs is 1. The number of carbonyl (C=O) groups is 2. The minimum Gasteiger partial charge on any atom is -0.376 e. The summed E-state index contributed by atoms with van der Waals surface area (Å²) >= 11 is 0. The number of likely N-dealkylation sites (tertiary alicyclic amines) is 1. The summed E-state index contributed by atoms with van der Waals surface area (Å²) in [4.78, 5) is 28.8. The number of aromatic nitrogens is 1. The van der Waals surface area contributed by atoms with E-state index in [2.05, 4.69) is 10.3 Å². The van der Waals surface area contributed by atoms with E-state index in [1.807, 2.05) is 0 Å². The second kappa shape index (κ2) is 6.31. The van der Waals surface area contributed by atoms with Gasteiger partial charge in [-0.15, -0.1) is 0 Å². The lowest BCUT2D eigenvalue weighted by atomic mass is 9.84. The van der Waals surface area contributed by atoms with Crippen LogP contribution < -0.4 is 11.1 Å². The summed E-state index contributed by atoms with van der Waals surface area (Å²) in [7, 11) is 0. The summed E-state index contributed by atoms with van der Waals surface area (Å²) in [5.41, 5.74) is 5.92. The van der Waals surface area contributed by atoms with E-state index < -0.39 is 0 Å². The van der Waals surface area contributed by atoms with Gasteiger partial charge in [-0.1, -0.05) is 0 Å². The number of pyridine rings is 1. The molecule has 0 saturated carbocycles. The van der Waals surface area contributed by atoms with Crippen LogP contribution >= 0.6 is 0 Å². The fourth-order valence-corrected chi connectivity index (χ4v) is 3.30. The molecule has 0 radical (unpaired) electrons. The van der Waals surface area contributed by atoms with Gasteiger partial charge >= 0.3 is 6.03 Å². The van der Waals surface area contributed by atoms with Crippen molar-refractivity contribution in [3.63, 3.8) is 0 Å². The molecule has 3 rings (SSSR count). The maximum absolute atomic E-state index is 12.0. The fraction of sp³-hybridized carbons (Fsp3) is 0.533. The van der Waals surface area contributed by atoms with Crippen molar-refractivity contribution in [3.05, 3.63) is 30.1 Å². The molecule has 3 amide bonds. The molecule has 2 aliphatic rings. The second-order valence-electron chi connectivity index (χ2n) is 5.81. The van der Waals surface area contributed by atoms with Crippen molar-refractivity contribution in [2.75, 3.05) is 26.2 Å². The third kappa shape index (κ3) is 3.04. The third-order valence-electron chi connectivity index (χ3n) is 4.51. The van der Waals surface area contributed by atoms with Crippen LogP contribution in [0.4, 0.5) is 4.79 Å². The quantitative estimate of drug-likeness (QED) is 0.835. The van der Waals surface area contributed by atoms with Crippen LogP contribution in [0.3, 0.4) is 0 Å². The molecule has 118 valence electrons. The Balaban J connectivity index is 1.53. The Bertz CT molecular complexity index is 551. The molecule has 0 aliphatic carbocycles. The molecule has 0 spiro atoms. The van der Waals surface area contributed by atoms with Crippen LogP contribution in [0.25, 0.3) is 0 Å². The standard InChI is InChI=1S/C15H20N4O3/c16-15(21)19-6-3-12-11(8-19)9-22-13(12)7-18-14(20)10-1-4-17-5-2-10/h1-2,4-5,11-13H,3,6-9H2,(H2,16,21)(H,18,20)/t11-,12-,13+/m1/s1. The molecule has 0 bridgehead atoms. The molecule has 22 heavy (non-hydrogen) atoms. The van der Waals surface area contributed by atoms with Crippen molar-refractivity contribution in [3.8, 4) is 0 Å². The maximum Gasteiger partial charge on any atom is 0.314 e. The number of ether oxygens (including phenoxy) is 1. The van der Waals surface area contributed by atoms with Crippen LogP contribution in [-0.4, -0.2) is 54.2 Å². The molecule has 2 saturated heterocycles. The first-order valence-electron chi connectivity index (χ1n) is 7.49. The Morgan fingerprint density at radius 3 is 2.91 bits per heavy atom. The number of urea groups is 1. The first-order valence-corrected chi connectivity index (χ1v) is 7.49. The molecule has 1 aromatic heterocycles. The zero-order chi connectivity index (χ0) is 15.5. The van der Waals surface area contributed by atoms with Gasteiger partial charge in [-0.25, -0.2) is 4.79 Å². The van der Waals surface area contributed by atoms with E-state index in [-0.39, 0.29) is 18.0 Å². The van der Waals surface area contributed by atoms with Crippen molar-refractivity contribution in [2.45, 2.75) is 12.5 Å². The van der Waals surface area contributed by atoms with Gasteiger partial charge in [0.1, 0.15) is 0 Å².